The maximum absolute atomic E-state index is 2.56. The molecule has 0 N–H and O–H groups in total. The Hall–Kier alpha value is -0.870. The van der Waals surface area contributed by atoms with Gasteiger partial charge >= 0.3 is 0 Å². The minimum Gasteiger partial charge on any atom is -0.0873 e. The van der Waals surface area contributed by atoms with E-state index in [0.29, 0.717) is 29.3 Å². The van der Waals surface area contributed by atoms with Gasteiger partial charge in [0.05, 0.1) is 0 Å². The molecule has 34 heavy (non-hydrogen) atoms. The van der Waals surface area contributed by atoms with Crippen LogP contribution in [0.5, 0.6) is 0 Å². The van der Waals surface area contributed by atoms with E-state index in [9.17, 15) is 0 Å². The predicted octanol–water partition coefficient (Wildman–Crippen LogP) is 11.3. The van der Waals surface area contributed by atoms with Crippen molar-refractivity contribution in [1.29, 1.82) is 0 Å². The monoisotopic (exact) mass is 482 g/mol. The molecule has 0 spiro atoms. The normalized spacial score (nSPS) is 20.6. The first-order valence-corrected chi connectivity index (χ1v) is 15.1. The standard InChI is InChI=1S/C33H55P/c1-19(2)26-17-27(20(3)4)30(28(18-26)21(5)6)29-24(9)22(7)23(8)25(10)31(29)34(32(11,12)13)33(14,15)16/h17-21,29,31H,1-16H3. The molecule has 1 aromatic carbocycles. The third kappa shape index (κ3) is 5.59. The van der Waals surface area contributed by atoms with E-state index in [1.54, 1.807) is 27.8 Å². The van der Waals surface area contributed by atoms with Gasteiger partial charge in [-0.05, 0) is 89.2 Å². The molecule has 0 aliphatic heterocycles. The molecule has 0 saturated heterocycles. The van der Waals surface area contributed by atoms with Crippen molar-refractivity contribution in [2.45, 2.75) is 150 Å². The Morgan fingerprint density at radius 1 is 0.618 bits per heavy atom. The van der Waals surface area contributed by atoms with Gasteiger partial charge in [0.15, 0.2) is 0 Å². The first-order valence-electron chi connectivity index (χ1n) is 13.6. The summed E-state index contributed by atoms with van der Waals surface area (Å²) in [6.07, 6.45) is 0. The summed E-state index contributed by atoms with van der Waals surface area (Å²) >= 11 is 0. The summed E-state index contributed by atoms with van der Waals surface area (Å²) in [6.45, 7) is 39.0. The van der Waals surface area contributed by atoms with E-state index >= 15 is 0 Å². The van der Waals surface area contributed by atoms with Crippen LogP contribution >= 0.6 is 7.92 Å². The number of hydrogen-bond donors (Lipinski definition) is 0. The molecular weight excluding hydrogens is 427 g/mol. The van der Waals surface area contributed by atoms with Crippen molar-refractivity contribution in [2.75, 3.05) is 0 Å². The van der Waals surface area contributed by atoms with Crippen LogP contribution in [0.4, 0.5) is 0 Å². The molecule has 0 aromatic heterocycles. The number of hydrogen-bond acceptors (Lipinski definition) is 0. The quantitative estimate of drug-likeness (QED) is 0.366. The summed E-state index contributed by atoms with van der Waals surface area (Å²) in [5.41, 5.74) is 13.2. The van der Waals surface area contributed by atoms with E-state index in [0.717, 1.165) is 0 Å². The second-order valence-corrected chi connectivity index (χ2v) is 17.8. The molecule has 1 heteroatoms. The molecule has 2 rings (SSSR count). The number of benzene rings is 1. The Kier molecular flexibility index (Phi) is 8.85. The Morgan fingerprint density at radius 3 is 1.32 bits per heavy atom. The maximum atomic E-state index is 2.56. The molecule has 0 saturated carbocycles. The fraction of sp³-hybridized carbons (Fsp3) is 0.697. The third-order valence-electron chi connectivity index (χ3n) is 8.18. The van der Waals surface area contributed by atoms with Gasteiger partial charge in [-0.1, -0.05) is 114 Å². The van der Waals surface area contributed by atoms with Crippen molar-refractivity contribution in [3.05, 3.63) is 56.7 Å². The van der Waals surface area contributed by atoms with Crippen LogP contribution in [0.15, 0.2) is 34.4 Å². The average Bonchev–Trinajstić information content (AvgIpc) is 2.67. The van der Waals surface area contributed by atoms with Crippen LogP contribution in [0.3, 0.4) is 0 Å². The molecule has 1 aliphatic carbocycles. The zero-order chi connectivity index (χ0) is 26.5. The van der Waals surface area contributed by atoms with Crippen LogP contribution in [0.25, 0.3) is 0 Å². The molecule has 0 bridgehead atoms. The van der Waals surface area contributed by atoms with Crippen LogP contribution < -0.4 is 0 Å². The van der Waals surface area contributed by atoms with Gasteiger partial charge in [0.25, 0.3) is 0 Å². The van der Waals surface area contributed by atoms with E-state index < -0.39 is 0 Å². The topological polar surface area (TPSA) is 0 Å². The lowest BCUT2D eigenvalue weighted by molar-refractivity contribution is 0.642. The zero-order valence-corrected chi connectivity index (χ0v) is 26.4. The van der Waals surface area contributed by atoms with E-state index in [2.05, 4.69) is 123 Å². The lowest BCUT2D eigenvalue weighted by atomic mass is 9.71. The molecule has 0 heterocycles. The maximum Gasteiger partial charge on any atom is 0.0162 e. The van der Waals surface area contributed by atoms with Gasteiger partial charge < -0.3 is 0 Å². The van der Waals surface area contributed by atoms with Gasteiger partial charge in [0, 0.05) is 11.6 Å². The fourth-order valence-corrected chi connectivity index (χ4v) is 11.4. The Morgan fingerprint density at radius 2 is 1.00 bits per heavy atom. The van der Waals surface area contributed by atoms with Crippen LogP contribution in [-0.4, -0.2) is 16.0 Å². The molecule has 0 nitrogen and oxygen atoms in total. The van der Waals surface area contributed by atoms with Crippen molar-refractivity contribution in [2.24, 2.45) is 0 Å². The minimum atomic E-state index is -0.311. The Bertz CT molecular complexity index is 910. The summed E-state index contributed by atoms with van der Waals surface area (Å²) < 4.78 is 0. The molecule has 1 aliphatic rings. The highest BCUT2D eigenvalue weighted by Crippen LogP contribution is 2.69. The largest absolute Gasteiger partial charge is 0.0873 e. The van der Waals surface area contributed by atoms with Crippen LogP contribution in [-0.2, 0) is 0 Å². The zero-order valence-electron chi connectivity index (χ0n) is 25.5. The van der Waals surface area contributed by atoms with Crippen molar-refractivity contribution in [3.63, 3.8) is 0 Å². The van der Waals surface area contributed by atoms with Crippen molar-refractivity contribution in [3.8, 4) is 0 Å². The van der Waals surface area contributed by atoms with Crippen molar-refractivity contribution in [1.82, 2.24) is 0 Å². The lowest BCUT2D eigenvalue weighted by Gasteiger charge is -2.52. The molecule has 1 aromatic rings. The Labute approximate surface area is 214 Å². The summed E-state index contributed by atoms with van der Waals surface area (Å²) in [7, 11) is -0.311. The smallest absolute Gasteiger partial charge is 0.0162 e. The average molecular weight is 483 g/mol. The second kappa shape index (κ2) is 10.2. The van der Waals surface area contributed by atoms with Gasteiger partial charge in [-0.25, -0.2) is 0 Å². The molecular formula is C33H55P. The first kappa shape index (κ1) is 29.4. The lowest BCUT2D eigenvalue weighted by Crippen LogP contribution is -2.38. The van der Waals surface area contributed by atoms with Gasteiger partial charge in [-0.3, -0.25) is 0 Å². The van der Waals surface area contributed by atoms with Gasteiger partial charge in [-0.15, -0.1) is 0 Å². The first-order chi connectivity index (χ1) is 15.3. The van der Waals surface area contributed by atoms with Crippen LogP contribution in [0, 0.1) is 0 Å². The summed E-state index contributed by atoms with van der Waals surface area (Å²) in [5.74, 6) is 2.05. The van der Waals surface area contributed by atoms with Crippen LogP contribution in [0.2, 0.25) is 0 Å². The third-order valence-corrected chi connectivity index (χ3v) is 12.3. The van der Waals surface area contributed by atoms with E-state index in [1.807, 2.05) is 0 Å². The molecule has 2 atom stereocenters. The van der Waals surface area contributed by atoms with E-state index in [4.69, 9.17) is 0 Å². The second-order valence-electron chi connectivity index (χ2n) is 13.8. The van der Waals surface area contributed by atoms with Gasteiger partial charge in [-0.2, -0.15) is 0 Å². The summed E-state index contributed by atoms with van der Waals surface area (Å²) in [6, 6.07) is 5.13. The number of rotatable bonds is 5. The molecule has 0 radical (unpaired) electrons. The van der Waals surface area contributed by atoms with Gasteiger partial charge in [0.1, 0.15) is 0 Å². The van der Waals surface area contributed by atoms with Gasteiger partial charge in [0.2, 0.25) is 0 Å². The SMILES string of the molecule is CC1=C(C)C(c2c(C(C)C)cc(C(C)C)cc2C(C)C)C(P(C(C)(C)C)C(C)(C)C)C(C)=C1C. The summed E-state index contributed by atoms with van der Waals surface area (Å²) in [4.78, 5) is 0. The highest BCUT2D eigenvalue weighted by Gasteiger charge is 2.47. The molecule has 192 valence electrons. The van der Waals surface area contributed by atoms with E-state index in [-0.39, 0.29) is 18.2 Å². The van der Waals surface area contributed by atoms with Crippen molar-refractivity contribution >= 4 is 7.92 Å². The minimum absolute atomic E-state index is 0.275. The highest BCUT2D eigenvalue weighted by atomic mass is 31.1. The molecule has 0 fully saturated rings. The summed E-state index contributed by atoms with van der Waals surface area (Å²) in [5, 5.41) is 0.550. The Balaban J connectivity index is 3.06. The molecule has 0 amide bonds. The van der Waals surface area contributed by atoms with Crippen LogP contribution in [0.1, 0.15) is 157 Å². The van der Waals surface area contributed by atoms with E-state index in [1.165, 1.54) is 16.7 Å². The number of allylic oxidation sites excluding steroid dienone is 4. The fourth-order valence-electron chi connectivity index (χ4n) is 6.46. The predicted molar refractivity (Wildman–Crippen MR) is 158 cm³/mol. The molecule has 2 unspecified atom stereocenters. The highest BCUT2D eigenvalue weighted by molar-refractivity contribution is 7.61. The van der Waals surface area contributed by atoms with Crippen molar-refractivity contribution < 1.29 is 0 Å².